The molecule has 0 radical (unpaired) electrons. The summed E-state index contributed by atoms with van der Waals surface area (Å²) in [6, 6.07) is 3.86. The Morgan fingerprint density at radius 3 is 2.77 bits per heavy atom. The van der Waals surface area contributed by atoms with Gasteiger partial charge in [0.15, 0.2) is 11.6 Å². The molecule has 142 valence electrons. The van der Waals surface area contributed by atoms with Crippen LogP contribution in [0.15, 0.2) is 18.2 Å². The molecule has 0 aliphatic carbocycles. The van der Waals surface area contributed by atoms with Gasteiger partial charge in [-0.05, 0) is 18.2 Å². The van der Waals surface area contributed by atoms with Crippen molar-refractivity contribution in [1.82, 2.24) is 9.80 Å². The van der Waals surface area contributed by atoms with Crippen LogP contribution in [0.4, 0.5) is 4.39 Å². The van der Waals surface area contributed by atoms with E-state index in [1.54, 1.807) is 0 Å². The molecule has 1 aliphatic heterocycles. The summed E-state index contributed by atoms with van der Waals surface area (Å²) < 4.78 is 24.0. The second-order valence-electron chi connectivity index (χ2n) is 5.89. The largest absolute Gasteiger partial charge is 0.494 e. The maximum Gasteiger partial charge on any atom is 0.323 e. The number of halogens is 1. The number of nitrogens with zero attached hydrogens (tertiary/aromatic N) is 2. The van der Waals surface area contributed by atoms with Crippen LogP contribution in [0, 0.1) is 5.82 Å². The van der Waals surface area contributed by atoms with Gasteiger partial charge in [-0.25, -0.2) is 4.39 Å². The Labute approximate surface area is 150 Å². The van der Waals surface area contributed by atoms with Crippen LogP contribution in [0.5, 0.6) is 5.75 Å². The van der Waals surface area contributed by atoms with Crippen LogP contribution < -0.4 is 4.74 Å². The van der Waals surface area contributed by atoms with Crippen LogP contribution in [0.2, 0.25) is 0 Å². The Balaban J connectivity index is 2.06. The van der Waals surface area contributed by atoms with Gasteiger partial charge in [-0.1, -0.05) is 0 Å². The quantitative estimate of drug-likeness (QED) is 0.790. The van der Waals surface area contributed by atoms with Gasteiger partial charge in [-0.15, -0.1) is 0 Å². The Kier molecular flexibility index (Phi) is 6.51. The first-order valence-corrected chi connectivity index (χ1v) is 8.03. The molecule has 26 heavy (non-hydrogen) atoms. The van der Waals surface area contributed by atoms with Crippen molar-refractivity contribution >= 4 is 17.8 Å². The number of carbonyl (C=O) groups is 3. The van der Waals surface area contributed by atoms with Gasteiger partial charge in [-0.2, -0.15) is 0 Å². The van der Waals surface area contributed by atoms with Gasteiger partial charge < -0.3 is 24.4 Å². The summed E-state index contributed by atoms with van der Waals surface area (Å²) >= 11 is 0. The minimum Gasteiger partial charge on any atom is -0.494 e. The SMILES string of the molecule is COc1cc(C(=O)N2CCOC(CN(CC(=O)O)C(C)=O)C2)ccc1F. The zero-order chi connectivity index (χ0) is 19.3. The molecule has 8 nitrogen and oxygen atoms in total. The number of benzene rings is 1. The van der Waals surface area contributed by atoms with Crippen molar-refractivity contribution in [2.75, 3.05) is 39.9 Å². The molecule has 2 amide bonds. The first kappa shape index (κ1) is 19.6. The Morgan fingerprint density at radius 2 is 2.15 bits per heavy atom. The van der Waals surface area contributed by atoms with Crippen molar-refractivity contribution in [3.8, 4) is 5.75 Å². The molecular formula is C17H21FN2O6. The monoisotopic (exact) mass is 368 g/mol. The van der Waals surface area contributed by atoms with E-state index in [-0.39, 0.29) is 42.8 Å². The third-order valence-corrected chi connectivity index (χ3v) is 4.02. The molecular weight excluding hydrogens is 347 g/mol. The molecule has 1 aliphatic rings. The minimum absolute atomic E-state index is 0.0233. The van der Waals surface area contributed by atoms with Gasteiger partial charge in [0, 0.05) is 32.1 Å². The number of amides is 2. The number of methoxy groups -OCH3 is 1. The average Bonchev–Trinajstić information content (AvgIpc) is 2.60. The minimum atomic E-state index is -1.12. The van der Waals surface area contributed by atoms with Gasteiger partial charge in [0.2, 0.25) is 5.91 Å². The molecule has 1 N–H and O–H groups in total. The van der Waals surface area contributed by atoms with Gasteiger partial charge in [0.25, 0.3) is 5.91 Å². The molecule has 1 aromatic carbocycles. The van der Waals surface area contributed by atoms with E-state index in [9.17, 15) is 18.8 Å². The van der Waals surface area contributed by atoms with Crippen molar-refractivity contribution < 1.29 is 33.4 Å². The number of carbonyl (C=O) groups excluding carboxylic acids is 2. The van der Waals surface area contributed by atoms with Crippen LogP contribution in [-0.4, -0.2) is 78.7 Å². The average molecular weight is 368 g/mol. The number of carboxylic acids is 1. The van der Waals surface area contributed by atoms with Gasteiger partial charge in [0.1, 0.15) is 6.54 Å². The Morgan fingerprint density at radius 1 is 1.42 bits per heavy atom. The maximum atomic E-state index is 13.5. The normalized spacial score (nSPS) is 16.9. The highest BCUT2D eigenvalue weighted by atomic mass is 19.1. The number of ether oxygens (including phenoxy) is 2. The standard InChI is InChI=1S/C17H21FN2O6/c1-11(21)20(10-16(22)23)9-13-8-19(5-6-26-13)17(24)12-3-4-14(18)15(7-12)25-2/h3-4,7,13H,5-6,8-10H2,1-2H3,(H,22,23). The lowest BCUT2D eigenvalue weighted by molar-refractivity contribution is -0.145. The molecule has 1 atom stereocenters. The summed E-state index contributed by atoms with van der Waals surface area (Å²) in [5, 5.41) is 8.88. The summed E-state index contributed by atoms with van der Waals surface area (Å²) in [6.07, 6.45) is -0.502. The highest BCUT2D eigenvalue weighted by Crippen LogP contribution is 2.20. The summed E-state index contributed by atoms with van der Waals surface area (Å²) in [5.74, 6) is -2.41. The molecule has 1 heterocycles. The highest BCUT2D eigenvalue weighted by molar-refractivity contribution is 5.94. The predicted octanol–water partition coefficient (Wildman–Crippen LogP) is 0.608. The summed E-state index contributed by atoms with van der Waals surface area (Å²) in [7, 11) is 1.32. The van der Waals surface area contributed by atoms with E-state index in [0.717, 1.165) is 11.0 Å². The van der Waals surface area contributed by atoms with E-state index in [2.05, 4.69) is 0 Å². The summed E-state index contributed by atoms with van der Waals surface area (Å²) in [6.45, 7) is 1.71. The van der Waals surface area contributed by atoms with Gasteiger partial charge in [-0.3, -0.25) is 14.4 Å². The number of morpholine rings is 1. The van der Waals surface area contributed by atoms with Gasteiger partial charge in [0.05, 0.1) is 19.8 Å². The Hall–Kier alpha value is -2.68. The zero-order valence-corrected chi connectivity index (χ0v) is 14.6. The van der Waals surface area contributed by atoms with E-state index < -0.39 is 24.4 Å². The first-order chi connectivity index (χ1) is 12.3. The fourth-order valence-corrected chi connectivity index (χ4v) is 2.70. The lowest BCUT2D eigenvalue weighted by atomic mass is 10.1. The Bertz CT molecular complexity index is 696. The molecule has 1 fully saturated rings. The number of carboxylic acid groups (broad SMARTS) is 1. The van der Waals surface area contributed by atoms with E-state index in [0.29, 0.717) is 6.54 Å². The van der Waals surface area contributed by atoms with Crippen LogP contribution in [0.1, 0.15) is 17.3 Å². The molecule has 9 heteroatoms. The van der Waals surface area contributed by atoms with Crippen molar-refractivity contribution in [3.63, 3.8) is 0 Å². The number of hydrogen-bond acceptors (Lipinski definition) is 5. The van der Waals surface area contributed by atoms with Crippen LogP contribution in [0.3, 0.4) is 0 Å². The second-order valence-corrected chi connectivity index (χ2v) is 5.89. The molecule has 0 saturated carbocycles. The lowest BCUT2D eigenvalue weighted by Crippen LogP contribution is -2.51. The smallest absolute Gasteiger partial charge is 0.323 e. The summed E-state index contributed by atoms with van der Waals surface area (Å²) in [4.78, 5) is 37.8. The highest BCUT2D eigenvalue weighted by Gasteiger charge is 2.28. The summed E-state index contributed by atoms with van der Waals surface area (Å²) in [5.41, 5.74) is 0.276. The molecule has 2 rings (SSSR count). The van der Waals surface area contributed by atoms with E-state index >= 15 is 0 Å². The van der Waals surface area contributed by atoms with Crippen LogP contribution in [-0.2, 0) is 14.3 Å². The molecule has 1 unspecified atom stereocenters. The molecule has 0 spiro atoms. The molecule has 0 bridgehead atoms. The van der Waals surface area contributed by atoms with E-state index in [1.165, 1.54) is 31.1 Å². The van der Waals surface area contributed by atoms with E-state index in [4.69, 9.17) is 14.6 Å². The topological polar surface area (TPSA) is 96.4 Å². The second kappa shape index (κ2) is 8.61. The van der Waals surface area contributed by atoms with Crippen molar-refractivity contribution in [2.45, 2.75) is 13.0 Å². The van der Waals surface area contributed by atoms with Crippen molar-refractivity contribution in [2.24, 2.45) is 0 Å². The van der Waals surface area contributed by atoms with Gasteiger partial charge >= 0.3 is 5.97 Å². The number of aliphatic carboxylic acids is 1. The van der Waals surface area contributed by atoms with E-state index in [1.807, 2.05) is 0 Å². The van der Waals surface area contributed by atoms with Crippen LogP contribution >= 0.6 is 0 Å². The van der Waals surface area contributed by atoms with Crippen molar-refractivity contribution in [3.05, 3.63) is 29.6 Å². The molecule has 1 saturated heterocycles. The van der Waals surface area contributed by atoms with Crippen LogP contribution in [0.25, 0.3) is 0 Å². The van der Waals surface area contributed by atoms with Crippen molar-refractivity contribution in [1.29, 1.82) is 0 Å². The fourth-order valence-electron chi connectivity index (χ4n) is 2.70. The third-order valence-electron chi connectivity index (χ3n) is 4.02. The molecule has 0 aromatic heterocycles. The third kappa shape index (κ3) is 4.92. The molecule has 1 aromatic rings. The zero-order valence-electron chi connectivity index (χ0n) is 14.6. The number of hydrogen-bond donors (Lipinski definition) is 1. The number of rotatable bonds is 6. The maximum absolute atomic E-state index is 13.5. The lowest BCUT2D eigenvalue weighted by Gasteiger charge is -2.35. The fraction of sp³-hybridized carbons (Fsp3) is 0.471. The first-order valence-electron chi connectivity index (χ1n) is 8.03. The predicted molar refractivity (Wildman–Crippen MR) is 88.5 cm³/mol.